The predicted octanol–water partition coefficient (Wildman–Crippen LogP) is 5.33. The second kappa shape index (κ2) is 11.5. The molecule has 37 heavy (non-hydrogen) atoms. The number of hydrogen-bond donors (Lipinski definition) is 1. The van der Waals surface area contributed by atoms with E-state index in [4.69, 9.17) is 14.2 Å². The molecule has 8 nitrogen and oxygen atoms in total. The topological polar surface area (TPSA) is 94.2 Å². The number of barbiturate groups is 1. The number of nitrogens with zero attached hydrogens (tertiary/aromatic N) is 1. The number of rotatable bonds is 8. The molecule has 0 bridgehead atoms. The molecule has 0 spiro atoms. The number of amides is 4. The van der Waals surface area contributed by atoms with Crippen molar-refractivity contribution in [3.8, 4) is 17.2 Å². The highest BCUT2D eigenvalue weighted by molar-refractivity contribution is 14.1. The number of hydrogen-bond acceptors (Lipinski definition) is 6. The third kappa shape index (κ3) is 6.11. The van der Waals surface area contributed by atoms with Gasteiger partial charge in [0.2, 0.25) is 0 Å². The number of nitrogens with one attached hydrogen (secondary N) is 1. The maximum Gasteiger partial charge on any atom is 0.335 e. The van der Waals surface area contributed by atoms with Gasteiger partial charge in [0.25, 0.3) is 11.8 Å². The molecule has 4 rings (SSSR count). The summed E-state index contributed by atoms with van der Waals surface area (Å²) in [6, 6.07) is 18.8. The zero-order chi connectivity index (χ0) is 26.5. The largest absolute Gasteiger partial charge is 0.493 e. The first-order valence-electron chi connectivity index (χ1n) is 11.5. The lowest BCUT2D eigenvalue weighted by Gasteiger charge is -2.26. The van der Waals surface area contributed by atoms with Crippen LogP contribution in [0.25, 0.3) is 6.08 Å². The number of anilines is 1. The molecule has 1 fully saturated rings. The summed E-state index contributed by atoms with van der Waals surface area (Å²) >= 11 is 2.11. The van der Waals surface area contributed by atoms with Crippen LogP contribution < -0.4 is 24.4 Å². The van der Waals surface area contributed by atoms with Gasteiger partial charge in [0.15, 0.2) is 11.5 Å². The van der Waals surface area contributed by atoms with Crippen molar-refractivity contribution in [1.82, 2.24) is 5.32 Å². The Morgan fingerprint density at radius 2 is 1.70 bits per heavy atom. The maximum atomic E-state index is 13.3. The fourth-order valence-corrected chi connectivity index (χ4v) is 4.42. The van der Waals surface area contributed by atoms with Crippen molar-refractivity contribution in [3.63, 3.8) is 0 Å². The number of methoxy groups -OCH3 is 1. The first-order chi connectivity index (χ1) is 17.8. The quantitative estimate of drug-likeness (QED) is 0.210. The van der Waals surface area contributed by atoms with Crippen molar-refractivity contribution in [2.24, 2.45) is 0 Å². The van der Waals surface area contributed by atoms with Crippen LogP contribution in [0.2, 0.25) is 0 Å². The van der Waals surface area contributed by atoms with E-state index in [1.165, 1.54) is 13.2 Å². The standard InChI is InChI=1S/C28H25IN2O6/c1-17(2)37-25-23(29)14-19(15-24(25)35-3)13-22-26(32)30-28(34)31(27(22)33)20-9-11-21(12-10-20)36-16-18-7-5-4-6-8-18/h4-15,17H,16H2,1-3H3,(H,30,32,34)/b22-13+. The van der Waals surface area contributed by atoms with Crippen molar-refractivity contribution in [2.45, 2.75) is 26.6 Å². The zero-order valence-electron chi connectivity index (χ0n) is 20.5. The van der Waals surface area contributed by atoms with Gasteiger partial charge in [0, 0.05) is 0 Å². The lowest BCUT2D eigenvalue weighted by molar-refractivity contribution is -0.122. The van der Waals surface area contributed by atoms with Crippen molar-refractivity contribution in [3.05, 3.63) is 87.0 Å². The Morgan fingerprint density at radius 3 is 2.35 bits per heavy atom. The van der Waals surface area contributed by atoms with Gasteiger partial charge in [-0.2, -0.15) is 0 Å². The van der Waals surface area contributed by atoms with Crippen LogP contribution in [0.3, 0.4) is 0 Å². The summed E-state index contributed by atoms with van der Waals surface area (Å²) in [5.41, 5.74) is 1.69. The monoisotopic (exact) mass is 612 g/mol. The van der Waals surface area contributed by atoms with Crippen LogP contribution in [0, 0.1) is 3.57 Å². The molecule has 3 aromatic rings. The van der Waals surface area contributed by atoms with Gasteiger partial charge in [-0.3, -0.25) is 14.9 Å². The summed E-state index contributed by atoms with van der Waals surface area (Å²) < 4.78 is 17.8. The van der Waals surface area contributed by atoms with Gasteiger partial charge in [-0.1, -0.05) is 30.3 Å². The molecule has 0 aliphatic carbocycles. The Bertz CT molecular complexity index is 1350. The van der Waals surface area contributed by atoms with Gasteiger partial charge < -0.3 is 14.2 Å². The molecule has 0 unspecified atom stereocenters. The second-order valence-electron chi connectivity index (χ2n) is 8.43. The Kier molecular flexibility index (Phi) is 8.12. The van der Waals surface area contributed by atoms with Gasteiger partial charge >= 0.3 is 6.03 Å². The average Bonchev–Trinajstić information content (AvgIpc) is 2.87. The van der Waals surface area contributed by atoms with E-state index in [0.29, 0.717) is 35.1 Å². The molecular formula is C28H25IN2O6. The highest BCUT2D eigenvalue weighted by Gasteiger charge is 2.37. The first kappa shape index (κ1) is 26.2. The normalized spacial score (nSPS) is 14.7. The number of carbonyl (C=O) groups is 3. The molecule has 1 aliphatic rings. The summed E-state index contributed by atoms with van der Waals surface area (Å²) in [6.45, 7) is 4.20. The number of ether oxygens (including phenoxy) is 3. The van der Waals surface area contributed by atoms with Crippen LogP contribution in [-0.4, -0.2) is 31.1 Å². The van der Waals surface area contributed by atoms with Crippen LogP contribution in [0.4, 0.5) is 10.5 Å². The lowest BCUT2D eigenvalue weighted by Crippen LogP contribution is -2.54. The number of carbonyl (C=O) groups excluding carboxylic acids is 3. The number of halogens is 1. The molecule has 1 aliphatic heterocycles. The van der Waals surface area contributed by atoms with Crippen LogP contribution in [0.15, 0.2) is 72.3 Å². The van der Waals surface area contributed by atoms with E-state index < -0.39 is 17.8 Å². The zero-order valence-corrected chi connectivity index (χ0v) is 22.6. The van der Waals surface area contributed by atoms with E-state index in [1.807, 2.05) is 44.2 Å². The summed E-state index contributed by atoms with van der Waals surface area (Å²) in [4.78, 5) is 39.4. The first-order valence-corrected chi connectivity index (χ1v) is 12.6. The maximum absolute atomic E-state index is 13.3. The van der Waals surface area contributed by atoms with E-state index in [2.05, 4.69) is 27.9 Å². The molecule has 190 valence electrons. The minimum atomic E-state index is -0.821. The summed E-state index contributed by atoms with van der Waals surface area (Å²) in [5.74, 6) is 0.115. The van der Waals surface area contributed by atoms with Crippen LogP contribution in [-0.2, 0) is 16.2 Å². The van der Waals surface area contributed by atoms with E-state index in [-0.39, 0.29) is 11.7 Å². The predicted molar refractivity (Wildman–Crippen MR) is 148 cm³/mol. The molecule has 0 aromatic heterocycles. The van der Waals surface area contributed by atoms with Crippen molar-refractivity contribution in [1.29, 1.82) is 0 Å². The third-order valence-electron chi connectivity index (χ3n) is 5.36. The Morgan fingerprint density at radius 1 is 1.00 bits per heavy atom. The van der Waals surface area contributed by atoms with Gasteiger partial charge in [-0.25, -0.2) is 9.69 Å². The molecule has 1 N–H and O–H groups in total. The van der Waals surface area contributed by atoms with Crippen LogP contribution in [0.1, 0.15) is 25.0 Å². The fraction of sp³-hybridized carbons (Fsp3) is 0.179. The van der Waals surface area contributed by atoms with Gasteiger partial charge in [-0.05, 0) is 90.0 Å². The highest BCUT2D eigenvalue weighted by atomic mass is 127. The molecule has 4 amide bonds. The molecule has 9 heteroatoms. The Balaban J connectivity index is 1.57. The average molecular weight is 612 g/mol. The molecular weight excluding hydrogens is 587 g/mol. The molecule has 0 saturated carbocycles. The molecule has 3 aromatic carbocycles. The van der Waals surface area contributed by atoms with Gasteiger partial charge in [0.1, 0.15) is 17.9 Å². The van der Waals surface area contributed by atoms with Crippen molar-refractivity contribution < 1.29 is 28.6 Å². The fourth-order valence-electron chi connectivity index (χ4n) is 3.66. The minimum Gasteiger partial charge on any atom is -0.493 e. The Hall–Kier alpha value is -3.86. The second-order valence-corrected chi connectivity index (χ2v) is 9.59. The van der Waals surface area contributed by atoms with Crippen LogP contribution >= 0.6 is 22.6 Å². The van der Waals surface area contributed by atoms with Gasteiger partial charge in [-0.15, -0.1) is 0 Å². The summed E-state index contributed by atoms with van der Waals surface area (Å²) in [6.07, 6.45) is 1.37. The Labute approximate surface area is 228 Å². The minimum absolute atomic E-state index is 0.0629. The van der Waals surface area contributed by atoms with E-state index in [9.17, 15) is 14.4 Å². The summed E-state index contributed by atoms with van der Waals surface area (Å²) in [5, 5.41) is 2.24. The SMILES string of the molecule is COc1cc(/C=C2\C(=O)NC(=O)N(c3ccc(OCc4ccccc4)cc3)C2=O)cc(I)c1OC(C)C. The van der Waals surface area contributed by atoms with E-state index in [1.54, 1.807) is 36.4 Å². The number of imide groups is 2. The van der Waals surface area contributed by atoms with Gasteiger partial charge in [0.05, 0.1) is 22.5 Å². The molecule has 0 radical (unpaired) electrons. The smallest absolute Gasteiger partial charge is 0.335 e. The van der Waals surface area contributed by atoms with E-state index >= 15 is 0 Å². The van der Waals surface area contributed by atoms with E-state index in [0.717, 1.165) is 14.0 Å². The lowest BCUT2D eigenvalue weighted by atomic mass is 10.1. The highest BCUT2D eigenvalue weighted by Crippen LogP contribution is 2.35. The number of benzene rings is 3. The number of urea groups is 1. The van der Waals surface area contributed by atoms with Crippen molar-refractivity contribution in [2.75, 3.05) is 12.0 Å². The summed E-state index contributed by atoms with van der Waals surface area (Å²) in [7, 11) is 1.52. The van der Waals surface area contributed by atoms with Crippen LogP contribution in [0.5, 0.6) is 17.2 Å². The molecule has 0 atom stereocenters. The molecule has 1 saturated heterocycles. The third-order valence-corrected chi connectivity index (χ3v) is 6.16. The molecule has 1 heterocycles. The van der Waals surface area contributed by atoms with Crippen molar-refractivity contribution >= 4 is 52.2 Å².